The van der Waals surface area contributed by atoms with Crippen molar-refractivity contribution in [1.29, 1.82) is 0 Å². The summed E-state index contributed by atoms with van der Waals surface area (Å²) >= 11 is 0. The van der Waals surface area contributed by atoms with Gasteiger partial charge >= 0.3 is 0 Å². The van der Waals surface area contributed by atoms with E-state index in [0.717, 1.165) is 17.8 Å². The van der Waals surface area contributed by atoms with Crippen molar-refractivity contribution in [3.63, 3.8) is 0 Å². The lowest BCUT2D eigenvalue weighted by Crippen LogP contribution is -1.88. The number of imidazole rings is 1. The van der Waals surface area contributed by atoms with E-state index in [-0.39, 0.29) is 0 Å². The number of hydrogen-bond acceptors (Lipinski definition) is 1. The normalized spacial score (nSPS) is 9.81. The van der Waals surface area contributed by atoms with Crippen LogP contribution in [-0.2, 0) is 0 Å². The summed E-state index contributed by atoms with van der Waals surface area (Å²) in [5.41, 5.74) is 1.10. The van der Waals surface area contributed by atoms with Crippen LogP contribution in [0.15, 0.2) is 49.3 Å². The van der Waals surface area contributed by atoms with E-state index in [2.05, 4.69) is 25.4 Å². The van der Waals surface area contributed by atoms with Crippen LogP contribution in [0.5, 0.6) is 0 Å². The van der Waals surface area contributed by atoms with Crippen molar-refractivity contribution < 1.29 is 0 Å². The number of hydrogen-bond donors (Lipinski definition) is 0. The van der Waals surface area contributed by atoms with E-state index in [4.69, 9.17) is 0 Å². The predicted octanol–water partition coefficient (Wildman–Crippen LogP) is 5.83. The fourth-order valence-corrected chi connectivity index (χ4v) is 2.05. The molecular weight excluding hydrogens is 256 g/mol. The molecular formula is C19H27N2. The van der Waals surface area contributed by atoms with Crippen LogP contribution in [0.25, 0.3) is 17.6 Å². The average Bonchev–Trinajstić information content (AvgIpc) is 3.02. The molecule has 0 fully saturated rings. The van der Waals surface area contributed by atoms with E-state index >= 15 is 0 Å². The third kappa shape index (κ3) is 6.44. The maximum absolute atomic E-state index is 4.25. The zero-order valence-corrected chi connectivity index (χ0v) is 13.2. The van der Waals surface area contributed by atoms with E-state index < -0.39 is 0 Å². The van der Waals surface area contributed by atoms with E-state index in [1.165, 1.54) is 32.1 Å². The van der Waals surface area contributed by atoms with Gasteiger partial charge in [-0.3, -0.25) is 0 Å². The Morgan fingerprint density at radius 1 is 1.10 bits per heavy atom. The van der Waals surface area contributed by atoms with Gasteiger partial charge in [0, 0.05) is 24.2 Å². The highest BCUT2D eigenvalue weighted by atomic mass is 15.0. The van der Waals surface area contributed by atoms with Crippen molar-refractivity contribution in [3.8, 4) is 11.4 Å². The minimum atomic E-state index is 0.926. The SMILES string of the molecule is C=Cn1ccnc1-c1ccccc1.[CH2]CCCCCCC. The molecule has 0 aliphatic heterocycles. The molecule has 0 unspecified atom stereocenters. The molecule has 0 saturated heterocycles. The molecule has 2 nitrogen and oxygen atoms in total. The molecule has 0 aliphatic carbocycles. The smallest absolute Gasteiger partial charge is 0.143 e. The van der Waals surface area contributed by atoms with Crippen molar-refractivity contribution >= 4 is 6.20 Å². The largest absolute Gasteiger partial charge is 0.307 e. The Kier molecular flexibility index (Phi) is 8.94. The molecule has 21 heavy (non-hydrogen) atoms. The quantitative estimate of drug-likeness (QED) is 0.584. The van der Waals surface area contributed by atoms with Crippen LogP contribution in [0.4, 0.5) is 0 Å². The third-order valence-corrected chi connectivity index (χ3v) is 3.25. The van der Waals surface area contributed by atoms with Crippen LogP contribution in [0.3, 0.4) is 0 Å². The number of benzene rings is 1. The average molecular weight is 283 g/mol. The van der Waals surface area contributed by atoms with Gasteiger partial charge in [-0.15, -0.1) is 0 Å². The zero-order chi connectivity index (χ0) is 15.3. The van der Waals surface area contributed by atoms with Gasteiger partial charge in [0.05, 0.1) is 0 Å². The number of nitrogens with zero attached hydrogens (tertiary/aromatic N) is 2. The molecule has 0 saturated carbocycles. The molecule has 1 heterocycles. The van der Waals surface area contributed by atoms with Gasteiger partial charge in [-0.2, -0.15) is 0 Å². The van der Waals surface area contributed by atoms with Crippen LogP contribution in [0.1, 0.15) is 45.4 Å². The number of aromatic nitrogens is 2. The minimum absolute atomic E-state index is 0.926. The molecule has 2 heteroatoms. The van der Waals surface area contributed by atoms with Crippen LogP contribution < -0.4 is 0 Å². The first-order valence-corrected chi connectivity index (χ1v) is 7.83. The highest BCUT2D eigenvalue weighted by Crippen LogP contribution is 2.16. The van der Waals surface area contributed by atoms with Crippen molar-refractivity contribution in [3.05, 3.63) is 56.2 Å². The fraction of sp³-hybridized carbons (Fsp3) is 0.368. The Labute approximate surface area is 129 Å². The molecule has 2 rings (SSSR count). The number of rotatable bonds is 7. The molecule has 0 amide bonds. The molecule has 0 bridgehead atoms. The Balaban J connectivity index is 0.000000240. The van der Waals surface area contributed by atoms with Crippen LogP contribution in [0.2, 0.25) is 0 Å². The Morgan fingerprint density at radius 3 is 2.43 bits per heavy atom. The van der Waals surface area contributed by atoms with Gasteiger partial charge in [-0.05, 0) is 0 Å². The Morgan fingerprint density at radius 2 is 1.81 bits per heavy atom. The topological polar surface area (TPSA) is 17.8 Å². The first kappa shape index (κ1) is 17.2. The van der Waals surface area contributed by atoms with Gasteiger partial charge < -0.3 is 4.57 Å². The summed E-state index contributed by atoms with van der Waals surface area (Å²) in [5.74, 6) is 0.926. The highest BCUT2D eigenvalue weighted by Gasteiger charge is 2.01. The van der Waals surface area contributed by atoms with Crippen LogP contribution in [0, 0.1) is 6.92 Å². The lowest BCUT2D eigenvalue weighted by atomic mass is 10.1. The monoisotopic (exact) mass is 283 g/mol. The van der Waals surface area contributed by atoms with Crippen molar-refractivity contribution in [1.82, 2.24) is 9.55 Å². The molecule has 1 aromatic heterocycles. The zero-order valence-electron chi connectivity index (χ0n) is 13.2. The summed E-state index contributed by atoms with van der Waals surface area (Å²) in [6, 6.07) is 10.0. The first-order chi connectivity index (χ1) is 10.3. The predicted molar refractivity (Wildman–Crippen MR) is 92.8 cm³/mol. The second-order valence-corrected chi connectivity index (χ2v) is 4.97. The molecule has 1 aromatic carbocycles. The summed E-state index contributed by atoms with van der Waals surface area (Å²) in [6.45, 7) is 9.74. The van der Waals surface area contributed by atoms with Gasteiger partial charge in [0.25, 0.3) is 0 Å². The van der Waals surface area contributed by atoms with Crippen LogP contribution in [-0.4, -0.2) is 9.55 Å². The standard InChI is InChI=1S/C11H10N2.C8H17/c1-2-13-9-8-12-11(13)10-6-4-3-5-7-10;1-3-5-7-8-6-4-2/h2-9H,1H2;1,3-8H2,2H3. The minimum Gasteiger partial charge on any atom is -0.307 e. The number of unbranched alkanes of at least 4 members (excludes halogenated alkanes) is 5. The van der Waals surface area contributed by atoms with Gasteiger partial charge in [-0.25, -0.2) is 4.98 Å². The molecule has 0 atom stereocenters. The second kappa shape index (κ2) is 10.9. The maximum Gasteiger partial charge on any atom is 0.143 e. The molecule has 0 N–H and O–H groups in total. The Bertz CT molecular complexity index is 479. The Hall–Kier alpha value is -1.83. The van der Waals surface area contributed by atoms with Gasteiger partial charge in [0.2, 0.25) is 0 Å². The van der Waals surface area contributed by atoms with Crippen molar-refractivity contribution in [2.45, 2.75) is 45.4 Å². The maximum atomic E-state index is 4.25. The van der Waals surface area contributed by atoms with Gasteiger partial charge in [0.15, 0.2) is 0 Å². The van der Waals surface area contributed by atoms with E-state index in [1.54, 1.807) is 12.4 Å². The third-order valence-electron chi connectivity index (χ3n) is 3.25. The first-order valence-electron chi connectivity index (χ1n) is 7.83. The van der Waals surface area contributed by atoms with Crippen LogP contribution >= 0.6 is 0 Å². The van der Waals surface area contributed by atoms with E-state index in [1.807, 2.05) is 41.1 Å². The molecule has 113 valence electrons. The lowest BCUT2D eigenvalue weighted by Gasteiger charge is -2.00. The molecule has 0 spiro atoms. The summed E-state index contributed by atoms with van der Waals surface area (Å²) < 4.78 is 1.90. The fourth-order valence-electron chi connectivity index (χ4n) is 2.05. The van der Waals surface area contributed by atoms with E-state index in [9.17, 15) is 0 Å². The molecule has 1 radical (unpaired) electrons. The van der Waals surface area contributed by atoms with Crippen molar-refractivity contribution in [2.24, 2.45) is 0 Å². The summed E-state index contributed by atoms with van der Waals surface area (Å²) in [6.07, 6.45) is 13.4. The van der Waals surface area contributed by atoms with Gasteiger partial charge in [0.1, 0.15) is 5.82 Å². The second-order valence-electron chi connectivity index (χ2n) is 4.97. The summed E-state index contributed by atoms with van der Waals surface area (Å²) in [4.78, 5) is 4.25. The molecule has 2 aromatic rings. The summed E-state index contributed by atoms with van der Waals surface area (Å²) in [5, 5.41) is 0. The van der Waals surface area contributed by atoms with Gasteiger partial charge in [-0.1, -0.05) is 89.3 Å². The van der Waals surface area contributed by atoms with Crippen molar-refractivity contribution in [2.75, 3.05) is 0 Å². The summed E-state index contributed by atoms with van der Waals surface area (Å²) in [7, 11) is 0. The highest BCUT2D eigenvalue weighted by molar-refractivity contribution is 5.57. The molecule has 0 aliphatic rings. The lowest BCUT2D eigenvalue weighted by molar-refractivity contribution is 0.637. The van der Waals surface area contributed by atoms with E-state index in [0.29, 0.717) is 0 Å².